The first-order valence-electron chi connectivity index (χ1n) is 9.97. The number of ketones is 1. The first-order valence-corrected chi connectivity index (χ1v) is 10.8. The van der Waals surface area contributed by atoms with Crippen molar-refractivity contribution in [2.45, 2.75) is 12.2 Å². The molecule has 0 bridgehead atoms. The molecule has 1 heterocycles. The van der Waals surface area contributed by atoms with Crippen LogP contribution in [0.3, 0.4) is 0 Å². The summed E-state index contributed by atoms with van der Waals surface area (Å²) in [5, 5.41) is 21.9. The van der Waals surface area contributed by atoms with Crippen molar-refractivity contribution in [1.29, 1.82) is 0 Å². The molecule has 0 saturated carbocycles. The Bertz CT molecular complexity index is 1370. The van der Waals surface area contributed by atoms with Gasteiger partial charge in [-0.3, -0.25) is 24.6 Å². The number of anilines is 1. The van der Waals surface area contributed by atoms with Gasteiger partial charge in [0.2, 0.25) is 0 Å². The number of carbonyl (C=O) groups is 2. The topological polar surface area (TPSA) is 101 Å². The number of alkyl halides is 3. The second-order valence-corrected chi connectivity index (χ2v) is 8.49. The van der Waals surface area contributed by atoms with Crippen molar-refractivity contribution in [3.63, 3.8) is 0 Å². The van der Waals surface area contributed by atoms with Gasteiger partial charge in [0.25, 0.3) is 17.4 Å². The van der Waals surface area contributed by atoms with Gasteiger partial charge in [-0.05, 0) is 48.0 Å². The molecule has 4 rings (SSSR count). The van der Waals surface area contributed by atoms with Crippen LogP contribution >= 0.6 is 15.9 Å². The Balaban J connectivity index is 1.92. The van der Waals surface area contributed by atoms with Gasteiger partial charge in [-0.15, -0.1) is 0 Å². The van der Waals surface area contributed by atoms with E-state index in [0.717, 1.165) is 35.2 Å². The second-order valence-electron chi connectivity index (χ2n) is 7.57. The molecule has 0 radical (unpaired) electrons. The first-order chi connectivity index (χ1) is 16.5. The van der Waals surface area contributed by atoms with Crippen molar-refractivity contribution in [3.8, 4) is 0 Å². The van der Waals surface area contributed by atoms with E-state index >= 15 is 0 Å². The van der Waals surface area contributed by atoms with Gasteiger partial charge in [0.15, 0.2) is 0 Å². The summed E-state index contributed by atoms with van der Waals surface area (Å²) in [6.07, 6.45) is -4.69. The third kappa shape index (κ3) is 4.54. The van der Waals surface area contributed by atoms with E-state index in [-0.39, 0.29) is 22.5 Å². The Morgan fingerprint density at radius 2 is 1.63 bits per heavy atom. The second kappa shape index (κ2) is 8.99. The fourth-order valence-corrected chi connectivity index (χ4v) is 4.05. The summed E-state index contributed by atoms with van der Waals surface area (Å²) in [5.41, 5.74) is -1.42. The van der Waals surface area contributed by atoms with Gasteiger partial charge in [-0.1, -0.05) is 34.1 Å². The minimum absolute atomic E-state index is 0.0275. The molecule has 0 unspecified atom stereocenters. The van der Waals surface area contributed by atoms with E-state index in [1.807, 2.05) is 0 Å². The van der Waals surface area contributed by atoms with Crippen LogP contribution in [-0.4, -0.2) is 21.7 Å². The number of nitro benzene ring substituents is 1. The molecule has 11 heteroatoms. The Morgan fingerprint density at radius 1 is 1.00 bits per heavy atom. The maximum absolute atomic E-state index is 13.3. The summed E-state index contributed by atoms with van der Waals surface area (Å²) >= 11 is 3.28. The molecular formula is C24H14BrF3N2O5. The molecule has 0 aliphatic carbocycles. The third-order valence-electron chi connectivity index (χ3n) is 5.43. The molecular weight excluding hydrogens is 533 g/mol. The Hall–Kier alpha value is -3.99. The van der Waals surface area contributed by atoms with Crippen LogP contribution in [0.15, 0.2) is 82.8 Å². The van der Waals surface area contributed by atoms with Crippen LogP contribution in [0.25, 0.3) is 5.76 Å². The number of aliphatic hydroxyl groups excluding tert-OH is 1. The molecule has 178 valence electrons. The van der Waals surface area contributed by atoms with E-state index in [0.29, 0.717) is 10.0 Å². The number of carbonyl (C=O) groups excluding carboxylic acids is 2. The predicted octanol–water partition coefficient (Wildman–Crippen LogP) is 6.00. The standard InChI is InChI=1S/C24H14BrF3N2O5/c25-16-8-4-13(5-9-16)20-19(21(31)14-6-10-17(11-7-14)30(34)35)22(32)23(33)29(20)18-3-1-2-15(12-18)24(26,27)28/h1-12,20,31H/t20-/m0/s1. The number of nitro groups is 1. The molecule has 1 aliphatic heterocycles. The van der Waals surface area contributed by atoms with E-state index in [2.05, 4.69) is 15.9 Å². The summed E-state index contributed by atoms with van der Waals surface area (Å²) in [4.78, 5) is 37.3. The summed E-state index contributed by atoms with van der Waals surface area (Å²) in [7, 11) is 0. The average Bonchev–Trinajstić information content (AvgIpc) is 3.09. The zero-order chi connectivity index (χ0) is 25.5. The molecule has 3 aromatic rings. The number of Topliss-reactive ketones (excluding diaryl/α,β-unsaturated/α-hetero) is 1. The molecule has 0 aromatic heterocycles. The first kappa shape index (κ1) is 24.1. The zero-order valence-corrected chi connectivity index (χ0v) is 19.1. The van der Waals surface area contributed by atoms with Crippen LogP contribution in [0.5, 0.6) is 0 Å². The monoisotopic (exact) mass is 546 g/mol. The number of hydrogen-bond acceptors (Lipinski definition) is 5. The molecule has 1 saturated heterocycles. The number of amides is 1. The number of rotatable bonds is 4. The molecule has 0 spiro atoms. The highest BCUT2D eigenvalue weighted by atomic mass is 79.9. The number of nitrogens with zero attached hydrogens (tertiary/aromatic N) is 2. The van der Waals surface area contributed by atoms with E-state index < -0.39 is 40.2 Å². The highest BCUT2D eigenvalue weighted by molar-refractivity contribution is 9.10. The van der Waals surface area contributed by atoms with Gasteiger partial charge in [-0.2, -0.15) is 13.2 Å². The number of benzene rings is 3. The largest absolute Gasteiger partial charge is 0.507 e. The van der Waals surface area contributed by atoms with Gasteiger partial charge >= 0.3 is 6.18 Å². The third-order valence-corrected chi connectivity index (χ3v) is 5.96. The van der Waals surface area contributed by atoms with E-state index in [1.54, 1.807) is 24.3 Å². The summed E-state index contributed by atoms with van der Waals surface area (Å²) in [6.45, 7) is 0. The van der Waals surface area contributed by atoms with Crippen LogP contribution in [0.1, 0.15) is 22.7 Å². The van der Waals surface area contributed by atoms with Crippen molar-refractivity contribution >= 4 is 44.8 Å². The van der Waals surface area contributed by atoms with Crippen LogP contribution in [0.4, 0.5) is 24.5 Å². The van der Waals surface area contributed by atoms with E-state index in [9.17, 15) is 38.0 Å². The SMILES string of the molecule is O=C1C(=O)N(c2cccc(C(F)(F)F)c2)[C@@H](c2ccc(Br)cc2)C1=C(O)c1ccc([N+](=O)[O-])cc1. The smallest absolute Gasteiger partial charge is 0.416 e. The number of aliphatic hydroxyl groups is 1. The quantitative estimate of drug-likeness (QED) is 0.142. The van der Waals surface area contributed by atoms with Gasteiger partial charge in [0.1, 0.15) is 5.76 Å². The van der Waals surface area contributed by atoms with Gasteiger partial charge in [0.05, 0.1) is 22.1 Å². The average molecular weight is 547 g/mol. The lowest BCUT2D eigenvalue weighted by atomic mass is 9.95. The number of hydrogen-bond donors (Lipinski definition) is 1. The van der Waals surface area contributed by atoms with Crippen molar-refractivity contribution < 1.29 is 32.8 Å². The zero-order valence-electron chi connectivity index (χ0n) is 17.5. The molecule has 35 heavy (non-hydrogen) atoms. The maximum atomic E-state index is 13.3. The molecule has 1 aliphatic rings. The lowest BCUT2D eigenvalue weighted by Crippen LogP contribution is -2.29. The molecule has 1 atom stereocenters. The molecule has 1 N–H and O–H groups in total. The van der Waals surface area contributed by atoms with E-state index in [1.165, 1.54) is 18.2 Å². The Kier molecular flexibility index (Phi) is 6.20. The van der Waals surface area contributed by atoms with Crippen molar-refractivity contribution in [1.82, 2.24) is 0 Å². The predicted molar refractivity (Wildman–Crippen MR) is 123 cm³/mol. The highest BCUT2D eigenvalue weighted by Gasteiger charge is 2.47. The molecule has 3 aromatic carbocycles. The van der Waals surface area contributed by atoms with Crippen molar-refractivity contribution in [2.24, 2.45) is 0 Å². The minimum Gasteiger partial charge on any atom is -0.507 e. The maximum Gasteiger partial charge on any atom is 0.416 e. The van der Waals surface area contributed by atoms with Gasteiger partial charge in [-0.25, -0.2) is 0 Å². The van der Waals surface area contributed by atoms with Gasteiger partial charge in [0, 0.05) is 27.9 Å². The van der Waals surface area contributed by atoms with Crippen LogP contribution in [-0.2, 0) is 15.8 Å². The van der Waals surface area contributed by atoms with Gasteiger partial charge < -0.3 is 5.11 Å². The van der Waals surface area contributed by atoms with Crippen LogP contribution in [0, 0.1) is 10.1 Å². The van der Waals surface area contributed by atoms with Crippen LogP contribution in [0.2, 0.25) is 0 Å². The fourth-order valence-electron chi connectivity index (χ4n) is 3.79. The normalized spacial score (nSPS) is 17.6. The van der Waals surface area contributed by atoms with Crippen LogP contribution < -0.4 is 4.90 Å². The van der Waals surface area contributed by atoms with Crippen molar-refractivity contribution in [2.75, 3.05) is 4.90 Å². The number of halogens is 4. The number of non-ortho nitro benzene ring substituents is 1. The fraction of sp³-hybridized carbons (Fsp3) is 0.0833. The Morgan fingerprint density at radius 3 is 2.20 bits per heavy atom. The summed E-state index contributed by atoms with van der Waals surface area (Å²) in [5.74, 6) is -2.84. The summed E-state index contributed by atoms with van der Waals surface area (Å²) < 4.78 is 40.7. The lowest BCUT2D eigenvalue weighted by Gasteiger charge is -2.26. The molecule has 1 fully saturated rings. The highest BCUT2D eigenvalue weighted by Crippen LogP contribution is 2.43. The molecule has 7 nitrogen and oxygen atoms in total. The molecule has 1 amide bonds. The summed E-state index contributed by atoms with van der Waals surface area (Å²) in [6, 6.07) is 13.7. The Labute approximate surface area is 204 Å². The lowest BCUT2D eigenvalue weighted by molar-refractivity contribution is -0.384. The minimum atomic E-state index is -4.69. The van der Waals surface area contributed by atoms with E-state index in [4.69, 9.17) is 0 Å². The van der Waals surface area contributed by atoms with Crippen molar-refractivity contribution in [3.05, 3.63) is 110 Å².